The smallest absolute Gasteiger partial charge is 0.0991 e. The van der Waals surface area contributed by atoms with E-state index in [0.717, 1.165) is 35.5 Å². The second-order valence-electron chi connectivity index (χ2n) is 5.79. The zero-order valence-corrected chi connectivity index (χ0v) is 11.9. The van der Waals surface area contributed by atoms with Gasteiger partial charge in [0.05, 0.1) is 28.9 Å². The number of nitrogens with one attached hydrogen (secondary N) is 1. The van der Waals surface area contributed by atoms with Crippen molar-refractivity contribution >= 4 is 0 Å². The van der Waals surface area contributed by atoms with Crippen molar-refractivity contribution in [3.8, 4) is 16.9 Å². The van der Waals surface area contributed by atoms with E-state index in [-0.39, 0.29) is 5.54 Å². The Morgan fingerprint density at radius 1 is 1.29 bits per heavy atom. The Labute approximate surface area is 122 Å². The summed E-state index contributed by atoms with van der Waals surface area (Å²) in [7, 11) is 0. The number of imidazole rings is 1. The molecule has 5 nitrogen and oxygen atoms in total. The zero-order valence-electron chi connectivity index (χ0n) is 11.9. The van der Waals surface area contributed by atoms with Crippen LogP contribution in [-0.4, -0.2) is 19.7 Å². The Morgan fingerprint density at radius 2 is 2.14 bits per heavy atom. The molecule has 0 saturated heterocycles. The van der Waals surface area contributed by atoms with Gasteiger partial charge in [-0.3, -0.25) is 5.10 Å². The molecule has 0 atom stereocenters. The molecule has 1 fully saturated rings. The summed E-state index contributed by atoms with van der Waals surface area (Å²) in [6.07, 6.45) is 7.60. The highest BCUT2D eigenvalue weighted by molar-refractivity contribution is 5.64. The lowest BCUT2D eigenvalue weighted by atomic mass is 10.1. The Bertz CT molecular complexity index is 781. The van der Waals surface area contributed by atoms with Crippen LogP contribution in [0, 0.1) is 6.92 Å². The quantitative estimate of drug-likeness (QED) is 0.773. The van der Waals surface area contributed by atoms with Crippen molar-refractivity contribution in [2.75, 3.05) is 0 Å². The molecule has 1 aromatic carbocycles. The molecule has 0 radical (unpaired) electrons. The number of H-pyrrole nitrogens is 1. The Kier molecular flexibility index (Phi) is 2.53. The van der Waals surface area contributed by atoms with Crippen LogP contribution in [0.4, 0.5) is 0 Å². The minimum atomic E-state index is -0.177. The first kappa shape index (κ1) is 12.3. The molecule has 4 rings (SSSR count). The molecule has 0 bridgehead atoms. The molecular formula is C16H17N5. The van der Waals surface area contributed by atoms with Crippen LogP contribution in [0.25, 0.3) is 16.9 Å². The van der Waals surface area contributed by atoms with Gasteiger partial charge in [-0.2, -0.15) is 5.10 Å². The summed E-state index contributed by atoms with van der Waals surface area (Å²) in [6.45, 7) is 2.09. The number of aryl methyl sites for hydroxylation is 1. The van der Waals surface area contributed by atoms with Crippen LogP contribution in [0.2, 0.25) is 0 Å². The third-order valence-corrected chi connectivity index (χ3v) is 4.19. The van der Waals surface area contributed by atoms with E-state index in [1.807, 2.05) is 10.8 Å². The molecular weight excluding hydrogens is 262 g/mol. The van der Waals surface area contributed by atoms with Gasteiger partial charge < -0.3 is 10.3 Å². The number of benzene rings is 1. The maximum absolute atomic E-state index is 6.21. The summed E-state index contributed by atoms with van der Waals surface area (Å²) in [5, 5.41) is 7.50. The number of aromatic nitrogens is 4. The fourth-order valence-electron chi connectivity index (χ4n) is 2.58. The first-order chi connectivity index (χ1) is 10.2. The summed E-state index contributed by atoms with van der Waals surface area (Å²) in [6, 6.07) is 8.39. The molecule has 2 aromatic heterocycles. The summed E-state index contributed by atoms with van der Waals surface area (Å²) in [4.78, 5) is 4.11. The van der Waals surface area contributed by atoms with Gasteiger partial charge in [-0.15, -0.1) is 0 Å². The van der Waals surface area contributed by atoms with Gasteiger partial charge in [-0.05, 0) is 37.5 Å². The predicted molar refractivity (Wildman–Crippen MR) is 81.0 cm³/mol. The zero-order chi connectivity index (χ0) is 14.4. The molecule has 3 N–H and O–H groups in total. The van der Waals surface area contributed by atoms with Gasteiger partial charge in [-0.1, -0.05) is 12.1 Å². The molecule has 0 amide bonds. The molecule has 0 spiro atoms. The molecule has 5 heteroatoms. The molecule has 106 valence electrons. The fraction of sp³-hybridized carbons (Fsp3) is 0.250. The minimum absolute atomic E-state index is 0.177. The monoisotopic (exact) mass is 279 g/mol. The van der Waals surface area contributed by atoms with Crippen molar-refractivity contribution in [2.45, 2.75) is 25.3 Å². The van der Waals surface area contributed by atoms with Gasteiger partial charge in [0.25, 0.3) is 0 Å². The summed E-state index contributed by atoms with van der Waals surface area (Å²) < 4.78 is 2.01. The van der Waals surface area contributed by atoms with Gasteiger partial charge in [0.15, 0.2) is 0 Å². The second-order valence-corrected chi connectivity index (χ2v) is 5.79. The highest BCUT2D eigenvalue weighted by Gasteiger charge is 2.41. The van der Waals surface area contributed by atoms with E-state index in [0.29, 0.717) is 0 Å². The van der Waals surface area contributed by atoms with E-state index in [2.05, 4.69) is 46.4 Å². The van der Waals surface area contributed by atoms with Crippen LogP contribution in [0.3, 0.4) is 0 Å². The number of rotatable bonds is 3. The summed E-state index contributed by atoms with van der Waals surface area (Å²) >= 11 is 0. The lowest BCUT2D eigenvalue weighted by Crippen LogP contribution is -2.18. The van der Waals surface area contributed by atoms with E-state index in [1.165, 1.54) is 5.56 Å². The molecule has 1 aliphatic rings. The maximum atomic E-state index is 6.21. The average Bonchev–Trinajstić information content (AvgIpc) is 2.96. The topological polar surface area (TPSA) is 72.5 Å². The van der Waals surface area contributed by atoms with E-state index in [4.69, 9.17) is 5.73 Å². The first-order valence-electron chi connectivity index (χ1n) is 7.10. The van der Waals surface area contributed by atoms with Crippen LogP contribution in [-0.2, 0) is 5.54 Å². The maximum Gasteiger partial charge on any atom is 0.0991 e. The molecule has 1 aliphatic carbocycles. The van der Waals surface area contributed by atoms with Crippen molar-refractivity contribution in [1.82, 2.24) is 19.7 Å². The standard InChI is InChI=1S/C16H17N5/c1-11-2-3-12(8-14(11)21-7-6-18-10-21)13-9-15(20-19-13)16(17)4-5-16/h2-3,6-10H,4-5,17H2,1H3,(H,19,20). The average molecular weight is 279 g/mol. The second kappa shape index (κ2) is 4.30. The number of nitrogens with zero attached hydrogens (tertiary/aromatic N) is 3. The van der Waals surface area contributed by atoms with Gasteiger partial charge >= 0.3 is 0 Å². The van der Waals surface area contributed by atoms with Crippen molar-refractivity contribution in [3.63, 3.8) is 0 Å². The van der Waals surface area contributed by atoms with E-state index < -0.39 is 0 Å². The molecule has 2 heterocycles. The fourth-order valence-corrected chi connectivity index (χ4v) is 2.58. The van der Waals surface area contributed by atoms with Gasteiger partial charge in [0, 0.05) is 18.0 Å². The SMILES string of the molecule is Cc1ccc(-c2cc(C3(N)CC3)[nH]n2)cc1-n1ccnc1. The first-order valence-corrected chi connectivity index (χ1v) is 7.10. The lowest BCUT2D eigenvalue weighted by Gasteiger charge is -2.08. The number of hydrogen-bond donors (Lipinski definition) is 2. The van der Waals surface area contributed by atoms with Crippen LogP contribution < -0.4 is 5.73 Å². The van der Waals surface area contributed by atoms with Gasteiger partial charge in [-0.25, -0.2) is 4.98 Å². The van der Waals surface area contributed by atoms with Crippen LogP contribution in [0.15, 0.2) is 43.0 Å². The van der Waals surface area contributed by atoms with Crippen LogP contribution in [0.1, 0.15) is 24.1 Å². The van der Waals surface area contributed by atoms with Crippen molar-refractivity contribution in [3.05, 3.63) is 54.2 Å². The Morgan fingerprint density at radius 3 is 2.86 bits per heavy atom. The number of hydrogen-bond acceptors (Lipinski definition) is 3. The molecule has 21 heavy (non-hydrogen) atoms. The van der Waals surface area contributed by atoms with Crippen molar-refractivity contribution in [1.29, 1.82) is 0 Å². The minimum Gasteiger partial charge on any atom is -0.320 e. The van der Waals surface area contributed by atoms with Gasteiger partial charge in [0.1, 0.15) is 0 Å². The largest absolute Gasteiger partial charge is 0.320 e. The number of nitrogens with two attached hydrogens (primary N) is 1. The van der Waals surface area contributed by atoms with Crippen molar-refractivity contribution < 1.29 is 0 Å². The number of aromatic amines is 1. The van der Waals surface area contributed by atoms with E-state index in [1.54, 1.807) is 12.5 Å². The Hall–Kier alpha value is -2.40. The van der Waals surface area contributed by atoms with Crippen LogP contribution >= 0.6 is 0 Å². The molecule has 0 aliphatic heterocycles. The highest BCUT2D eigenvalue weighted by Crippen LogP contribution is 2.42. The normalized spacial score (nSPS) is 16.1. The van der Waals surface area contributed by atoms with Crippen LogP contribution in [0.5, 0.6) is 0 Å². The predicted octanol–water partition coefficient (Wildman–Crippen LogP) is 2.52. The third kappa shape index (κ3) is 2.06. The molecule has 0 unspecified atom stereocenters. The summed E-state index contributed by atoms with van der Waals surface area (Å²) in [5.41, 5.74) is 11.4. The molecule has 1 saturated carbocycles. The van der Waals surface area contributed by atoms with Gasteiger partial charge in [0.2, 0.25) is 0 Å². The highest BCUT2D eigenvalue weighted by atomic mass is 15.1. The van der Waals surface area contributed by atoms with E-state index in [9.17, 15) is 0 Å². The lowest BCUT2D eigenvalue weighted by molar-refractivity contribution is 0.702. The van der Waals surface area contributed by atoms with E-state index >= 15 is 0 Å². The summed E-state index contributed by atoms with van der Waals surface area (Å²) in [5.74, 6) is 0. The molecule has 3 aromatic rings. The third-order valence-electron chi connectivity index (χ3n) is 4.19. The van der Waals surface area contributed by atoms with Crippen molar-refractivity contribution in [2.24, 2.45) is 5.73 Å². The Balaban J connectivity index is 1.75.